The van der Waals surface area contributed by atoms with Crippen molar-refractivity contribution in [1.29, 1.82) is 0 Å². The lowest BCUT2D eigenvalue weighted by molar-refractivity contribution is -0.149. The van der Waals surface area contributed by atoms with E-state index in [0.29, 0.717) is 24.5 Å². The van der Waals surface area contributed by atoms with Crippen molar-refractivity contribution in [2.24, 2.45) is 5.92 Å². The second-order valence-corrected chi connectivity index (χ2v) is 8.68. The summed E-state index contributed by atoms with van der Waals surface area (Å²) in [7, 11) is 1.64. The summed E-state index contributed by atoms with van der Waals surface area (Å²) in [5.41, 5.74) is 1.99. The third kappa shape index (κ3) is 3.76. The molecule has 3 aliphatic rings. The van der Waals surface area contributed by atoms with Gasteiger partial charge in [0.1, 0.15) is 11.9 Å². The zero-order valence-electron chi connectivity index (χ0n) is 18.3. The Morgan fingerprint density at radius 3 is 2.62 bits per heavy atom. The first-order valence-corrected chi connectivity index (χ1v) is 11.0. The predicted octanol–water partition coefficient (Wildman–Crippen LogP) is 3.65. The van der Waals surface area contributed by atoms with Gasteiger partial charge < -0.3 is 23.8 Å². The van der Waals surface area contributed by atoms with Crippen LogP contribution in [0, 0.1) is 5.92 Å². The molecule has 2 aromatic carbocycles. The molecule has 2 heterocycles. The molecule has 0 N–H and O–H groups in total. The summed E-state index contributed by atoms with van der Waals surface area (Å²) in [5.74, 6) is 1.77. The second-order valence-electron chi connectivity index (χ2n) is 8.68. The quantitative estimate of drug-likeness (QED) is 0.665. The molecule has 2 fully saturated rings. The molecule has 1 amide bonds. The fourth-order valence-corrected chi connectivity index (χ4v) is 5.38. The van der Waals surface area contributed by atoms with E-state index in [1.54, 1.807) is 7.11 Å². The van der Waals surface area contributed by atoms with Crippen LogP contribution >= 0.6 is 0 Å². The molecule has 168 valence electrons. The van der Waals surface area contributed by atoms with Gasteiger partial charge in [-0.3, -0.25) is 9.59 Å². The van der Waals surface area contributed by atoms with Crippen molar-refractivity contribution in [2.75, 3.05) is 13.9 Å². The second kappa shape index (κ2) is 8.37. The Morgan fingerprint density at radius 2 is 1.88 bits per heavy atom. The maximum atomic E-state index is 13.8. The first kappa shape index (κ1) is 20.7. The molecule has 32 heavy (non-hydrogen) atoms. The first-order valence-electron chi connectivity index (χ1n) is 11.0. The average molecular weight is 437 g/mol. The van der Waals surface area contributed by atoms with Gasteiger partial charge in [0.25, 0.3) is 0 Å². The molecule has 5 rings (SSSR count). The first-order chi connectivity index (χ1) is 15.5. The van der Waals surface area contributed by atoms with Gasteiger partial charge in [-0.05, 0) is 60.6 Å². The van der Waals surface area contributed by atoms with Crippen LogP contribution in [0.4, 0.5) is 0 Å². The summed E-state index contributed by atoms with van der Waals surface area (Å²) in [4.78, 5) is 27.3. The lowest BCUT2D eigenvalue weighted by atomic mass is 9.75. The monoisotopic (exact) mass is 437 g/mol. The van der Waals surface area contributed by atoms with Gasteiger partial charge in [-0.2, -0.15) is 0 Å². The Labute approximate surface area is 187 Å². The van der Waals surface area contributed by atoms with Crippen molar-refractivity contribution < 1.29 is 28.5 Å². The van der Waals surface area contributed by atoms with E-state index in [1.807, 2.05) is 47.4 Å². The van der Waals surface area contributed by atoms with Gasteiger partial charge in [0.2, 0.25) is 12.7 Å². The summed E-state index contributed by atoms with van der Waals surface area (Å²) in [6.07, 6.45) is 2.10. The number of rotatable bonds is 5. The van der Waals surface area contributed by atoms with Crippen LogP contribution < -0.4 is 14.2 Å². The highest BCUT2D eigenvalue weighted by molar-refractivity contribution is 5.87. The van der Waals surface area contributed by atoms with E-state index in [4.69, 9.17) is 18.9 Å². The molecule has 2 aliphatic heterocycles. The molecular formula is C25H27NO6. The molecular weight excluding hydrogens is 410 g/mol. The lowest BCUT2D eigenvalue weighted by Crippen LogP contribution is -2.40. The van der Waals surface area contributed by atoms with Crippen molar-refractivity contribution >= 4 is 11.9 Å². The van der Waals surface area contributed by atoms with Gasteiger partial charge in [-0.15, -0.1) is 0 Å². The Hall–Kier alpha value is -3.22. The van der Waals surface area contributed by atoms with Crippen molar-refractivity contribution in [2.45, 2.75) is 50.8 Å². The number of methoxy groups -OCH3 is 1. The standard InChI is InChI=1S/C25H27NO6/c1-15(27)32-19-8-9-21-20(12-19)24(17-5-10-22-23(11-17)31-14-30-22)25(28)26(21)13-16-3-6-18(29-2)7-4-16/h3-7,10-11,19-21,24H,8-9,12-14H2,1-2H3/t19-,20-,21+,24+/m1/s1. The van der Waals surface area contributed by atoms with Gasteiger partial charge >= 0.3 is 5.97 Å². The van der Waals surface area contributed by atoms with Gasteiger partial charge in [0, 0.05) is 19.5 Å². The molecule has 1 saturated carbocycles. The van der Waals surface area contributed by atoms with Gasteiger partial charge in [0.05, 0.1) is 13.0 Å². The molecule has 0 unspecified atom stereocenters. The predicted molar refractivity (Wildman–Crippen MR) is 116 cm³/mol. The van der Waals surface area contributed by atoms with E-state index in [0.717, 1.165) is 29.7 Å². The third-order valence-electron chi connectivity index (χ3n) is 6.79. The number of esters is 1. The summed E-state index contributed by atoms with van der Waals surface area (Å²) >= 11 is 0. The summed E-state index contributed by atoms with van der Waals surface area (Å²) in [6.45, 7) is 2.18. The fraction of sp³-hybridized carbons (Fsp3) is 0.440. The van der Waals surface area contributed by atoms with Crippen LogP contribution in [-0.2, 0) is 20.9 Å². The van der Waals surface area contributed by atoms with Crippen LogP contribution in [-0.4, -0.2) is 42.8 Å². The van der Waals surface area contributed by atoms with E-state index in [9.17, 15) is 9.59 Å². The van der Waals surface area contributed by atoms with Crippen molar-refractivity contribution in [3.63, 3.8) is 0 Å². The fourth-order valence-electron chi connectivity index (χ4n) is 5.38. The van der Waals surface area contributed by atoms with E-state index in [-0.39, 0.29) is 42.7 Å². The van der Waals surface area contributed by atoms with Crippen LogP contribution in [0.15, 0.2) is 42.5 Å². The van der Waals surface area contributed by atoms with Crippen molar-refractivity contribution in [3.05, 3.63) is 53.6 Å². The molecule has 7 heteroatoms. The topological polar surface area (TPSA) is 74.3 Å². The zero-order chi connectivity index (χ0) is 22.2. The van der Waals surface area contributed by atoms with Crippen LogP contribution in [0.2, 0.25) is 0 Å². The van der Waals surface area contributed by atoms with Gasteiger partial charge in [-0.25, -0.2) is 0 Å². The largest absolute Gasteiger partial charge is 0.497 e. The smallest absolute Gasteiger partial charge is 0.302 e. The number of carbonyl (C=O) groups is 2. The summed E-state index contributed by atoms with van der Waals surface area (Å²) in [5, 5.41) is 0. The third-order valence-corrected chi connectivity index (χ3v) is 6.79. The highest BCUT2D eigenvalue weighted by Crippen LogP contribution is 2.48. The molecule has 0 aromatic heterocycles. The van der Waals surface area contributed by atoms with E-state index < -0.39 is 0 Å². The Morgan fingerprint density at radius 1 is 1.09 bits per heavy atom. The molecule has 0 radical (unpaired) electrons. The number of nitrogens with zero attached hydrogens (tertiary/aromatic N) is 1. The minimum atomic E-state index is -0.300. The van der Waals surface area contributed by atoms with Crippen LogP contribution in [0.3, 0.4) is 0 Å². The number of hydrogen-bond acceptors (Lipinski definition) is 6. The van der Waals surface area contributed by atoms with Crippen LogP contribution in [0.1, 0.15) is 43.2 Å². The van der Waals surface area contributed by atoms with E-state index >= 15 is 0 Å². The highest BCUT2D eigenvalue weighted by atomic mass is 16.7. The molecule has 2 aromatic rings. The molecule has 4 atom stereocenters. The van der Waals surface area contributed by atoms with Crippen molar-refractivity contribution in [1.82, 2.24) is 4.90 Å². The number of hydrogen-bond donors (Lipinski definition) is 0. The normalized spacial score (nSPS) is 26.1. The number of carbonyl (C=O) groups excluding carboxylic acids is 2. The molecule has 0 spiro atoms. The Bertz CT molecular complexity index is 1020. The van der Waals surface area contributed by atoms with Crippen molar-refractivity contribution in [3.8, 4) is 17.2 Å². The molecule has 1 saturated heterocycles. The number of likely N-dealkylation sites (tertiary alicyclic amines) is 1. The van der Waals surface area contributed by atoms with Crippen LogP contribution in [0.5, 0.6) is 17.2 Å². The van der Waals surface area contributed by atoms with Gasteiger partial charge in [-0.1, -0.05) is 18.2 Å². The zero-order valence-corrected chi connectivity index (χ0v) is 18.3. The highest BCUT2D eigenvalue weighted by Gasteiger charge is 2.51. The summed E-state index contributed by atoms with van der Waals surface area (Å²) in [6, 6.07) is 13.7. The number of benzene rings is 2. The average Bonchev–Trinajstić information content (AvgIpc) is 3.36. The molecule has 0 bridgehead atoms. The number of amides is 1. The molecule has 1 aliphatic carbocycles. The minimum absolute atomic E-state index is 0.0687. The number of fused-ring (bicyclic) bond motifs is 2. The molecule has 7 nitrogen and oxygen atoms in total. The lowest BCUT2D eigenvalue weighted by Gasteiger charge is -2.36. The Kier molecular flexibility index (Phi) is 5.41. The maximum absolute atomic E-state index is 13.8. The minimum Gasteiger partial charge on any atom is -0.497 e. The van der Waals surface area contributed by atoms with Gasteiger partial charge in [0.15, 0.2) is 11.5 Å². The maximum Gasteiger partial charge on any atom is 0.302 e. The Balaban J connectivity index is 1.45. The van der Waals surface area contributed by atoms with E-state index in [1.165, 1.54) is 6.92 Å². The van der Waals surface area contributed by atoms with E-state index in [2.05, 4.69) is 0 Å². The summed E-state index contributed by atoms with van der Waals surface area (Å²) < 4.78 is 21.8. The number of ether oxygens (including phenoxy) is 4. The SMILES string of the molecule is COc1ccc(CN2C(=O)[C@@H](c3ccc4c(c3)OCO4)[C@@H]3C[C@H](OC(C)=O)CC[C@@H]32)cc1. The van der Waals surface area contributed by atoms with Crippen LogP contribution in [0.25, 0.3) is 0 Å².